The van der Waals surface area contributed by atoms with Crippen LogP contribution in [0.5, 0.6) is 5.75 Å². The van der Waals surface area contributed by atoms with E-state index in [1.54, 1.807) is 0 Å². The summed E-state index contributed by atoms with van der Waals surface area (Å²) in [5.41, 5.74) is 3.17. The van der Waals surface area contributed by atoms with E-state index < -0.39 is 0 Å². The van der Waals surface area contributed by atoms with E-state index in [2.05, 4.69) is 19.9 Å². The van der Waals surface area contributed by atoms with Gasteiger partial charge in [0.1, 0.15) is 5.75 Å². The number of aliphatic hydroxyl groups excluding tert-OH is 1. The lowest BCUT2D eigenvalue weighted by molar-refractivity contribution is 0.0353. The molecule has 0 radical (unpaired) electrons. The Hall–Kier alpha value is -1.02. The van der Waals surface area contributed by atoms with Gasteiger partial charge < -0.3 is 10.2 Å². The van der Waals surface area contributed by atoms with Crippen molar-refractivity contribution < 1.29 is 10.2 Å². The standard InChI is InChI=1S/C19H26O2/c1-11-17(21)10-19(2)8-7-15-14-6-4-13(20)9-12(14)3-5-16(15)18(11)19/h4,6,9,11,15-18,20-21H,3,5,7-8,10H2,1-2H3/t11-,15-,16-,17-,18+,19-/m1/s1. The van der Waals surface area contributed by atoms with Gasteiger partial charge >= 0.3 is 0 Å². The number of fused-ring (bicyclic) bond motifs is 5. The van der Waals surface area contributed by atoms with Crippen molar-refractivity contribution >= 4 is 0 Å². The van der Waals surface area contributed by atoms with Crippen LogP contribution in [-0.4, -0.2) is 16.3 Å². The van der Waals surface area contributed by atoms with Crippen LogP contribution in [0.15, 0.2) is 18.2 Å². The van der Waals surface area contributed by atoms with Crippen molar-refractivity contribution in [3.05, 3.63) is 29.3 Å². The molecule has 0 saturated heterocycles. The van der Waals surface area contributed by atoms with Crippen LogP contribution in [-0.2, 0) is 6.42 Å². The summed E-state index contributed by atoms with van der Waals surface area (Å²) in [6.45, 7) is 4.67. The van der Waals surface area contributed by atoms with Crippen LogP contribution in [0.25, 0.3) is 0 Å². The Bertz CT molecular complexity index is 567. The third-order valence-electron chi connectivity index (χ3n) is 6.93. The van der Waals surface area contributed by atoms with Gasteiger partial charge in [-0.05, 0) is 84.5 Å². The number of phenols is 1. The lowest BCUT2D eigenvalue weighted by atomic mass is 9.54. The minimum absolute atomic E-state index is 0.111. The molecule has 2 fully saturated rings. The summed E-state index contributed by atoms with van der Waals surface area (Å²) in [6.07, 6.45) is 5.67. The molecule has 0 spiro atoms. The van der Waals surface area contributed by atoms with E-state index in [1.165, 1.54) is 30.4 Å². The first-order valence-electron chi connectivity index (χ1n) is 8.49. The zero-order chi connectivity index (χ0) is 14.8. The highest BCUT2D eigenvalue weighted by Crippen LogP contribution is 2.62. The van der Waals surface area contributed by atoms with Crippen LogP contribution >= 0.6 is 0 Å². The third kappa shape index (κ3) is 1.88. The van der Waals surface area contributed by atoms with Gasteiger partial charge in [-0.15, -0.1) is 0 Å². The van der Waals surface area contributed by atoms with Crippen LogP contribution in [0.3, 0.4) is 0 Å². The van der Waals surface area contributed by atoms with Gasteiger partial charge in [0.25, 0.3) is 0 Å². The normalized spacial score (nSPS) is 44.8. The maximum Gasteiger partial charge on any atom is 0.115 e. The average molecular weight is 286 g/mol. The molecule has 0 aliphatic heterocycles. The van der Waals surface area contributed by atoms with Gasteiger partial charge in [0.05, 0.1) is 6.10 Å². The monoisotopic (exact) mass is 286 g/mol. The number of aromatic hydroxyl groups is 1. The molecule has 114 valence electrons. The van der Waals surface area contributed by atoms with Gasteiger partial charge in [0, 0.05) is 0 Å². The molecule has 6 atom stereocenters. The number of benzene rings is 1. The molecule has 1 aromatic rings. The molecule has 0 amide bonds. The maximum absolute atomic E-state index is 10.4. The first-order chi connectivity index (χ1) is 9.99. The van der Waals surface area contributed by atoms with E-state index in [1.807, 2.05) is 12.1 Å². The number of hydrogen-bond donors (Lipinski definition) is 2. The number of aryl methyl sites for hydroxylation is 1. The molecule has 0 heterocycles. The van der Waals surface area contributed by atoms with E-state index in [0.29, 0.717) is 34.8 Å². The molecule has 0 unspecified atom stereocenters. The lowest BCUT2D eigenvalue weighted by Gasteiger charge is -2.50. The Morgan fingerprint density at radius 3 is 2.86 bits per heavy atom. The molecule has 2 heteroatoms. The Kier molecular flexibility index (Phi) is 2.91. The number of hydrogen-bond acceptors (Lipinski definition) is 2. The second-order valence-corrected chi connectivity index (χ2v) is 8.04. The summed E-state index contributed by atoms with van der Waals surface area (Å²) in [5.74, 6) is 2.85. The van der Waals surface area contributed by atoms with Crippen LogP contribution in [0.1, 0.15) is 56.6 Å². The first-order valence-corrected chi connectivity index (χ1v) is 8.49. The molecule has 1 aromatic carbocycles. The third-order valence-corrected chi connectivity index (χ3v) is 6.93. The quantitative estimate of drug-likeness (QED) is 0.760. The van der Waals surface area contributed by atoms with Crippen LogP contribution in [0.2, 0.25) is 0 Å². The van der Waals surface area contributed by atoms with E-state index in [9.17, 15) is 10.2 Å². The molecule has 4 rings (SSSR count). The SMILES string of the molecule is C[C@H]1[C@H]2[C@@H]3CCc4cc(O)ccc4[C@H]3CC[C@]2(C)C[C@H]1O. The highest BCUT2D eigenvalue weighted by molar-refractivity contribution is 5.40. The van der Waals surface area contributed by atoms with Crippen molar-refractivity contribution in [2.75, 3.05) is 0 Å². The van der Waals surface area contributed by atoms with Crippen molar-refractivity contribution in [1.29, 1.82) is 0 Å². The van der Waals surface area contributed by atoms with Crippen LogP contribution in [0, 0.1) is 23.2 Å². The largest absolute Gasteiger partial charge is 0.508 e. The zero-order valence-corrected chi connectivity index (χ0v) is 13.0. The van der Waals surface area contributed by atoms with E-state index in [-0.39, 0.29) is 6.10 Å². The summed E-state index contributed by atoms with van der Waals surface area (Å²) in [7, 11) is 0. The smallest absolute Gasteiger partial charge is 0.115 e. The molecule has 3 aliphatic carbocycles. The first kappa shape index (κ1) is 13.6. The molecule has 0 bridgehead atoms. The lowest BCUT2D eigenvalue weighted by Crippen LogP contribution is -2.41. The molecule has 21 heavy (non-hydrogen) atoms. The van der Waals surface area contributed by atoms with Crippen molar-refractivity contribution in [2.45, 2.75) is 58.0 Å². The van der Waals surface area contributed by atoms with Crippen LogP contribution in [0.4, 0.5) is 0 Å². The highest BCUT2D eigenvalue weighted by atomic mass is 16.3. The number of rotatable bonds is 0. The minimum Gasteiger partial charge on any atom is -0.508 e. The molecule has 2 nitrogen and oxygen atoms in total. The Morgan fingerprint density at radius 1 is 1.24 bits per heavy atom. The van der Waals surface area contributed by atoms with Gasteiger partial charge in [-0.1, -0.05) is 19.9 Å². The second kappa shape index (κ2) is 4.49. The fourth-order valence-corrected chi connectivity index (χ4v) is 6.06. The van der Waals surface area contributed by atoms with Gasteiger partial charge in [0.2, 0.25) is 0 Å². The van der Waals surface area contributed by atoms with Crippen molar-refractivity contribution in [2.24, 2.45) is 23.2 Å². The maximum atomic E-state index is 10.4. The van der Waals surface area contributed by atoms with Gasteiger partial charge in [-0.25, -0.2) is 0 Å². The Labute approximate surface area is 127 Å². The minimum atomic E-state index is -0.111. The predicted molar refractivity (Wildman–Crippen MR) is 83.3 cm³/mol. The average Bonchev–Trinajstić information content (AvgIpc) is 2.68. The predicted octanol–water partition coefficient (Wildman–Crippen LogP) is 3.86. The Morgan fingerprint density at radius 2 is 2.05 bits per heavy atom. The fraction of sp³-hybridized carbons (Fsp3) is 0.684. The fourth-order valence-electron chi connectivity index (χ4n) is 6.06. The summed E-state index contributed by atoms with van der Waals surface area (Å²) in [4.78, 5) is 0. The molecule has 0 aromatic heterocycles. The number of phenolic OH excluding ortho intramolecular Hbond substituents is 1. The summed E-state index contributed by atoms with van der Waals surface area (Å²) in [6, 6.07) is 5.97. The van der Waals surface area contributed by atoms with E-state index >= 15 is 0 Å². The van der Waals surface area contributed by atoms with Gasteiger partial charge in [0.15, 0.2) is 0 Å². The molecular weight excluding hydrogens is 260 g/mol. The van der Waals surface area contributed by atoms with Crippen molar-refractivity contribution in [3.63, 3.8) is 0 Å². The van der Waals surface area contributed by atoms with E-state index in [4.69, 9.17) is 0 Å². The molecule has 2 saturated carbocycles. The van der Waals surface area contributed by atoms with E-state index in [0.717, 1.165) is 12.8 Å². The summed E-state index contributed by atoms with van der Waals surface area (Å²) >= 11 is 0. The summed E-state index contributed by atoms with van der Waals surface area (Å²) in [5, 5.41) is 20.1. The van der Waals surface area contributed by atoms with Crippen molar-refractivity contribution in [1.82, 2.24) is 0 Å². The zero-order valence-electron chi connectivity index (χ0n) is 13.0. The highest BCUT2D eigenvalue weighted by Gasteiger charge is 2.56. The van der Waals surface area contributed by atoms with Crippen LogP contribution < -0.4 is 0 Å². The van der Waals surface area contributed by atoms with Gasteiger partial charge in [-0.3, -0.25) is 0 Å². The van der Waals surface area contributed by atoms with Gasteiger partial charge in [-0.2, -0.15) is 0 Å². The molecular formula is C19H26O2. The molecule has 3 aliphatic rings. The van der Waals surface area contributed by atoms with Crippen molar-refractivity contribution in [3.8, 4) is 5.75 Å². The second-order valence-electron chi connectivity index (χ2n) is 8.04. The summed E-state index contributed by atoms with van der Waals surface area (Å²) < 4.78 is 0. The topological polar surface area (TPSA) is 40.5 Å². The Balaban J connectivity index is 1.73. The molecule has 2 N–H and O–H groups in total. The number of aliphatic hydroxyl groups is 1.